The van der Waals surface area contributed by atoms with Crippen LogP contribution >= 0.6 is 0 Å². The highest BCUT2D eigenvalue weighted by atomic mass is 32.2. The molecule has 1 aliphatic carbocycles. The van der Waals surface area contributed by atoms with Crippen molar-refractivity contribution in [3.63, 3.8) is 0 Å². The first-order chi connectivity index (χ1) is 13.4. The summed E-state index contributed by atoms with van der Waals surface area (Å²) in [5.41, 5.74) is 2.19. The molecule has 1 amide bonds. The van der Waals surface area contributed by atoms with E-state index in [1.807, 2.05) is 49.4 Å². The van der Waals surface area contributed by atoms with Crippen LogP contribution in [0.1, 0.15) is 24.0 Å². The first-order valence-electron chi connectivity index (χ1n) is 9.83. The predicted molar refractivity (Wildman–Crippen MR) is 108 cm³/mol. The topological polar surface area (TPSA) is 66.5 Å². The molecule has 1 saturated heterocycles. The van der Waals surface area contributed by atoms with Gasteiger partial charge in [-0.25, -0.2) is 8.42 Å². The lowest BCUT2D eigenvalue weighted by atomic mass is 9.71. The molecule has 0 spiro atoms. The summed E-state index contributed by atoms with van der Waals surface area (Å²) in [5, 5.41) is 3.12. The Bertz CT molecular complexity index is 942. The third kappa shape index (κ3) is 3.84. The number of nitrogens with one attached hydrogen (secondary N) is 1. The molecule has 1 N–H and O–H groups in total. The smallest absolute Gasteiger partial charge is 0.243 e. The number of benzene rings is 2. The zero-order valence-electron chi connectivity index (χ0n) is 16.0. The summed E-state index contributed by atoms with van der Waals surface area (Å²) in [6, 6.07) is 17.1. The van der Waals surface area contributed by atoms with Crippen LogP contribution in [0.2, 0.25) is 0 Å². The van der Waals surface area contributed by atoms with Gasteiger partial charge in [0.2, 0.25) is 15.9 Å². The largest absolute Gasteiger partial charge is 0.353 e. The van der Waals surface area contributed by atoms with Gasteiger partial charge in [0.05, 0.1) is 4.90 Å². The molecule has 6 heteroatoms. The normalized spacial score (nSPS) is 24.4. The highest BCUT2D eigenvalue weighted by molar-refractivity contribution is 7.89. The molecule has 4 rings (SSSR count). The van der Waals surface area contributed by atoms with E-state index in [-0.39, 0.29) is 17.9 Å². The van der Waals surface area contributed by atoms with Gasteiger partial charge in [0.25, 0.3) is 0 Å². The number of amides is 1. The maximum absolute atomic E-state index is 12.9. The van der Waals surface area contributed by atoms with E-state index in [0.717, 1.165) is 24.0 Å². The molecule has 148 valence electrons. The number of sulfonamides is 1. The van der Waals surface area contributed by atoms with Gasteiger partial charge in [0.1, 0.15) is 0 Å². The molecular formula is C22H26N2O3S. The number of hydrogen-bond acceptors (Lipinski definition) is 3. The van der Waals surface area contributed by atoms with Crippen molar-refractivity contribution in [1.29, 1.82) is 0 Å². The van der Waals surface area contributed by atoms with Crippen LogP contribution in [0.4, 0.5) is 0 Å². The Labute approximate surface area is 166 Å². The molecule has 1 heterocycles. The summed E-state index contributed by atoms with van der Waals surface area (Å²) in [7, 11) is -3.46. The molecule has 2 aliphatic rings. The van der Waals surface area contributed by atoms with Crippen LogP contribution in [0.3, 0.4) is 0 Å². The molecular weight excluding hydrogens is 372 g/mol. The minimum absolute atomic E-state index is 0.0483. The molecule has 0 aromatic heterocycles. The lowest BCUT2D eigenvalue weighted by Crippen LogP contribution is -2.52. The highest BCUT2D eigenvalue weighted by Crippen LogP contribution is 2.42. The summed E-state index contributed by atoms with van der Waals surface area (Å²) in [6.45, 7) is 2.99. The summed E-state index contributed by atoms with van der Waals surface area (Å²) < 4.78 is 27.4. The quantitative estimate of drug-likeness (QED) is 0.814. The zero-order valence-corrected chi connectivity index (χ0v) is 16.9. The Balaban J connectivity index is 1.32. The maximum Gasteiger partial charge on any atom is 0.243 e. The van der Waals surface area contributed by atoms with Gasteiger partial charge in [-0.3, -0.25) is 4.79 Å². The number of aryl methyl sites for hydroxylation is 2. The molecule has 28 heavy (non-hydrogen) atoms. The van der Waals surface area contributed by atoms with Gasteiger partial charge in [-0.2, -0.15) is 4.31 Å². The Kier molecular flexibility index (Phi) is 5.25. The Hall–Kier alpha value is -2.18. The van der Waals surface area contributed by atoms with Crippen molar-refractivity contribution in [2.24, 2.45) is 11.8 Å². The number of carbonyl (C=O) groups excluding carboxylic acids is 1. The van der Waals surface area contributed by atoms with Crippen LogP contribution in [0.25, 0.3) is 0 Å². The second kappa shape index (κ2) is 7.68. The van der Waals surface area contributed by atoms with E-state index in [4.69, 9.17) is 0 Å². The Morgan fingerprint density at radius 3 is 2.50 bits per heavy atom. The average molecular weight is 399 g/mol. The molecule has 1 aliphatic heterocycles. The molecule has 5 nitrogen and oxygen atoms in total. The van der Waals surface area contributed by atoms with Gasteiger partial charge in [-0.05, 0) is 49.3 Å². The molecule has 0 bridgehead atoms. The third-order valence-electron chi connectivity index (χ3n) is 6.02. The van der Waals surface area contributed by atoms with Crippen molar-refractivity contribution in [1.82, 2.24) is 9.62 Å². The lowest BCUT2D eigenvalue weighted by molar-refractivity contribution is -0.123. The lowest BCUT2D eigenvalue weighted by Gasteiger charge is -2.39. The van der Waals surface area contributed by atoms with Crippen LogP contribution in [0.15, 0.2) is 59.5 Å². The van der Waals surface area contributed by atoms with E-state index in [1.54, 1.807) is 16.4 Å². The molecule has 0 unspecified atom stereocenters. The summed E-state index contributed by atoms with van der Waals surface area (Å²) >= 11 is 0. The molecule has 1 saturated carbocycles. The van der Waals surface area contributed by atoms with E-state index in [0.29, 0.717) is 30.3 Å². The maximum atomic E-state index is 12.9. The number of fused-ring (bicyclic) bond motifs is 1. The highest BCUT2D eigenvalue weighted by Gasteiger charge is 2.50. The Morgan fingerprint density at radius 2 is 1.79 bits per heavy atom. The molecule has 3 atom stereocenters. The van der Waals surface area contributed by atoms with Gasteiger partial charge >= 0.3 is 0 Å². The summed E-state index contributed by atoms with van der Waals surface area (Å²) in [5.74, 6) is 0.618. The number of rotatable bonds is 6. The number of hydrogen-bond donors (Lipinski definition) is 1. The second-order valence-corrected chi connectivity index (χ2v) is 9.89. The van der Waals surface area contributed by atoms with Crippen molar-refractivity contribution >= 4 is 15.9 Å². The van der Waals surface area contributed by atoms with Crippen LogP contribution in [0.5, 0.6) is 0 Å². The Morgan fingerprint density at radius 1 is 1.07 bits per heavy atom. The molecule has 0 radical (unpaired) electrons. The molecule has 2 fully saturated rings. The zero-order chi connectivity index (χ0) is 19.7. The fraction of sp³-hybridized carbons (Fsp3) is 0.409. The SMILES string of the molecule is Cc1ccc(S(=O)(=O)N2C[C@H]3C[C@H](NC(=O)CCc4ccccc4)[C@H]3C2)cc1. The minimum Gasteiger partial charge on any atom is -0.353 e. The average Bonchev–Trinajstić information content (AvgIpc) is 3.03. The molecule has 2 aromatic rings. The van der Waals surface area contributed by atoms with Crippen molar-refractivity contribution in [2.45, 2.75) is 37.1 Å². The fourth-order valence-electron chi connectivity index (χ4n) is 4.27. The van der Waals surface area contributed by atoms with Crippen LogP contribution in [0, 0.1) is 18.8 Å². The van der Waals surface area contributed by atoms with E-state index < -0.39 is 10.0 Å². The van der Waals surface area contributed by atoms with E-state index in [1.165, 1.54) is 0 Å². The van der Waals surface area contributed by atoms with Gasteiger partial charge in [0.15, 0.2) is 0 Å². The summed E-state index contributed by atoms with van der Waals surface area (Å²) in [6.07, 6.45) is 2.05. The van der Waals surface area contributed by atoms with Crippen molar-refractivity contribution in [3.05, 3.63) is 65.7 Å². The summed E-state index contributed by atoms with van der Waals surface area (Å²) in [4.78, 5) is 12.6. The third-order valence-corrected chi connectivity index (χ3v) is 7.87. The van der Waals surface area contributed by atoms with E-state index in [9.17, 15) is 13.2 Å². The number of carbonyl (C=O) groups is 1. The van der Waals surface area contributed by atoms with Gasteiger partial charge in [-0.1, -0.05) is 48.0 Å². The van der Waals surface area contributed by atoms with Crippen LogP contribution in [-0.2, 0) is 21.2 Å². The van der Waals surface area contributed by atoms with Gasteiger partial charge in [-0.15, -0.1) is 0 Å². The number of nitrogens with zero attached hydrogens (tertiary/aromatic N) is 1. The van der Waals surface area contributed by atoms with Crippen molar-refractivity contribution < 1.29 is 13.2 Å². The van der Waals surface area contributed by atoms with E-state index >= 15 is 0 Å². The van der Waals surface area contributed by atoms with Crippen LogP contribution in [-0.4, -0.2) is 37.8 Å². The van der Waals surface area contributed by atoms with Gasteiger partial charge < -0.3 is 5.32 Å². The minimum atomic E-state index is -3.46. The fourth-order valence-corrected chi connectivity index (χ4v) is 5.80. The van der Waals surface area contributed by atoms with Crippen LogP contribution < -0.4 is 5.32 Å². The van der Waals surface area contributed by atoms with Crippen molar-refractivity contribution in [3.8, 4) is 0 Å². The van der Waals surface area contributed by atoms with Crippen molar-refractivity contribution in [2.75, 3.05) is 13.1 Å². The predicted octanol–water partition coefficient (Wildman–Crippen LogP) is 2.75. The second-order valence-electron chi connectivity index (χ2n) is 7.95. The standard InChI is InChI=1S/C22H26N2O3S/c1-16-7-10-19(11-8-16)28(26,27)24-14-18-13-21(20(18)15-24)23-22(25)12-9-17-5-3-2-4-6-17/h2-8,10-11,18,20-21H,9,12-15H2,1H3,(H,23,25)/t18-,20+,21+/m1/s1. The molecule has 2 aromatic carbocycles. The first kappa shape index (κ1) is 19.2. The van der Waals surface area contributed by atoms with Gasteiger partial charge in [0, 0.05) is 25.6 Å². The monoisotopic (exact) mass is 398 g/mol. The first-order valence-corrected chi connectivity index (χ1v) is 11.3. The van der Waals surface area contributed by atoms with E-state index in [2.05, 4.69) is 5.32 Å².